The summed E-state index contributed by atoms with van der Waals surface area (Å²) < 4.78 is 1.11. The average Bonchev–Trinajstić information content (AvgIpc) is 3.01. The van der Waals surface area contributed by atoms with Crippen molar-refractivity contribution in [3.05, 3.63) is 45.7 Å². The Kier molecular flexibility index (Phi) is 3.66. The van der Waals surface area contributed by atoms with E-state index in [-0.39, 0.29) is 5.56 Å². The molecular weight excluding hydrogens is 334 g/mol. The van der Waals surface area contributed by atoms with Crippen molar-refractivity contribution in [1.29, 1.82) is 0 Å². The Morgan fingerprint density at radius 3 is 2.57 bits per heavy atom. The van der Waals surface area contributed by atoms with Gasteiger partial charge in [-0.15, -0.1) is 0 Å². The molecule has 1 aliphatic rings. The maximum atomic E-state index is 11.1. The second-order valence-corrected chi connectivity index (χ2v) is 6.75. The van der Waals surface area contributed by atoms with Gasteiger partial charge in [0.25, 0.3) is 5.56 Å². The molecule has 0 atom stereocenters. The maximum Gasteiger partial charge on any atom is 0.264 e. The first-order valence-corrected chi connectivity index (χ1v) is 8.51. The van der Waals surface area contributed by atoms with Crippen LogP contribution in [0.3, 0.4) is 0 Å². The van der Waals surface area contributed by atoms with Gasteiger partial charge in [0.1, 0.15) is 11.3 Å². The van der Waals surface area contributed by atoms with E-state index in [1.54, 1.807) is 17.4 Å². The van der Waals surface area contributed by atoms with Gasteiger partial charge in [-0.1, -0.05) is 29.0 Å². The largest absolute Gasteiger partial charge is 0.352 e. The summed E-state index contributed by atoms with van der Waals surface area (Å²) in [5.41, 5.74) is 0.692. The molecule has 8 heteroatoms. The van der Waals surface area contributed by atoms with Crippen molar-refractivity contribution in [3.8, 4) is 0 Å². The maximum absolute atomic E-state index is 11.1. The van der Waals surface area contributed by atoms with E-state index in [2.05, 4.69) is 25.0 Å². The molecule has 2 aromatic heterocycles. The van der Waals surface area contributed by atoms with E-state index in [4.69, 9.17) is 11.6 Å². The molecule has 0 radical (unpaired) electrons. The highest BCUT2D eigenvalue weighted by Gasteiger charge is 2.21. The highest BCUT2D eigenvalue weighted by atomic mass is 35.5. The minimum absolute atomic E-state index is 0.182. The van der Waals surface area contributed by atoms with Crippen LogP contribution in [0.4, 0.5) is 10.9 Å². The van der Waals surface area contributed by atoms with Crippen LogP contribution in [-0.4, -0.2) is 41.4 Å². The number of halogens is 1. The fourth-order valence-electron chi connectivity index (χ4n) is 2.68. The Morgan fingerprint density at radius 2 is 1.87 bits per heavy atom. The molecule has 1 fully saturated rings. The number of H-pyrrole nitrogens is 1. The number of hydrogen-bond acceptors (Lipinski definition) is 6. The fourth-order valence-corrected chi connectivity index (χ4v) is 4.00. The van der Waals surface area contributed by atoms with Crippen LogP contribution in [0.1, 0.15) is 0 Å². The quantitative estimate of drug-likeness (QED) is 0.771. The molecule has 0 spiro atoms. The number of thiazole rings is 1. The summed E-state index contributed by atoms with van der Waals surface area (Å²) in [4.78, 5) is 20.2. The molecule has 0 amide bonds. The van der Waals surface area contributed by atoms with Gasteiger partial charge in [0.2, 0.25) is 0 Å². The highest BCUT2D eigenvalue weighted by molar-refractivity contribution is 7.22. The van der Waals surface area contributed by atoms with Gasteiger partial charge < -0.3 is 9.80 Å². The topological polar surface area (TPSA) is 65.1 Å². The zero-order valence-corrected chi connectivity index (χ0v) is 13.8. The molecule has 1 saturated heterocycles. The van der Waals surface area contributed by atoms with Crippen LogP contribution in [0.15, 0.2) is 35.1 Å². The van der Waals surface area contributed by atoms with Gasteiger partial charge in [-0.05, 0) is 18.2 Å². The second-order valence-electron chi connectivity index (χ2n) is 5.34. The van der Waals surface area contributed by atoms with Crippen LogP contribution in [0, 0.1) is 0 Å². The smallest absolute Gasteiger partial charge is 0.264 e. The molecule has 0 aliphatic carbocycles. The Labute approximate surface area is 141 Å². The molecule has 6 nitrogen and oxygen atoms in total. The van der Waals surface area contributed by atoms with Gasteiger partial charge in [-0.3, -0.25) is 4.79 Å². The van der Waals surface area contributed by atoms with E-state index in [0.29, 0.717) is 5.02 Å². The third-order valence-corrected chi connectivity index (χ3v) is 5.28. The second kappa shape index (κ2) is 5.82. The van der Waals surface area contributed by atoms with E-state index >= 15 is 0 Å². The standard InChI is InChI=1S/C15H14ClN5OS/c16-10-2-1-3-11-14(10)17-15(23-11)21-8-6-20(7-9-21)12-4-5-13(22)19-18-12/h1-5H,6-9H2,(H,19,22). The molecule has 4 rings (SSSR count). The average molecular weight is 348 g/mol. The number of hydrogen-bond donors (Lipinski definition) is 1. The molecule has 118 valence electrons. The predicted molar refractivity (Wildman–Crippen MR) is 93.9 cm³/mol. The zero-order valence-electron chi connectivity index (χ0n) is 12.2. The molecule has 1 N–H and O–H groups in total. The van der Waals surface area contributed by atoms with E-state index < -0.39 is 0 Å². The Bertz CT molecular complexity index is 880. The molecule has 3 heterocycles. The lowest BCUT2D eigenvalue weighted by Gasteiger charge is -2.34. The van der Waals surface area contributed by atoms with Crippen LogP contribution in [0.5, 0.6) is 0 Å². The molecule has 1 aliphatic heterocycles. The summed E-state index contributed by atoms with van der Waals surface area (Å²) in [5, 5.41) is 8.26. The minimum Gasteiger partial charge on any atom is -0.352 e. The van der Waals surface area contributed by atoms with Crippen molar-refractivity contribution < 1.29 is 0 Å². The summed E-state index contributed by atoms with van der Waals surface area (Å²) in [5.74, 6) is 0.802. The number of aromatic nitrogens is 3. The summed E-state index contributed by atoms with van der Waals surface area (Å²) in [6, 6.07) is 9.12. The van der Waals surface area contributed by atoms with Gasteiger partial charge in [0.05, 0.1) is 9.72 Å². The van der Waals surface area contributed by atoms with Crippen molar-refractivity contribution in [2.24, 2.45) is 0 Å². The Morgan fingerprint density at radius 1 is 1.09 bits per heavy atom. The Hall–Kier alpha value is -2.12. The number of anilines is 2. The summed E-state index contributed by atoms with van der Waals surface area (Å²) >= 11 is 7.87. The van der Waals surface area contributed by atoms with Crippen molar-refractivity contribution >= 4 is 44.1 Å². The van der Waals surface area contributed by atoms with Gasteiger partial charge in [0.15, 0.2) is 5.13 Å². The van der Waals surface area contributed by atoms with Crippen LogP contribution in [0.25, 0.3) is 10.2 Å². The SMILES string of the molecule is O=c1ccc(N2CCN(c3nc4c(Cl)cccc4s3)CC2)n[nH]1. The molecule has 1 aromatic carbocycles. The van der Waals surface area contributed by atoms with E-state index in [1.807, 2.05) is 18.2 Å². The number of benzene rings is 1. The van der Waals surface area contributed by atoms with Crippen molar-refractivity contribution in [2.75, 3.05) is 36.0 Å². The number of aromatic amines is 1. The van der Waals surface area contributed by atoms with Gasteiger partial charge >= 0.3 is 0 Å². The molecular formula is C15H14ClN5OS. The predicted octanol–water partition coefficient (Wildman–Crippen LogP) is 2.36. The molecule has 0 bridgehead atoms. The lowest BCUT2D eigenvalue weighted by atomic mass is 10.3. The third-order valence-electron chi connectivity index (χ3n) is 3.90. The first-order chi connectivity index (χ1) is 11.2. The number of nitrogens with one attached hydrogen (secondary N) is 1. The Balaban J connectivity index is 1.51. The lowest BCUT2D eigenvalue weighted by molar-refractivity contribution is 0.642. The molecule has 23 heavy (non-hydrogen) atoms. The first kappa shape index (κ1) is 14.5. The van der Waals surface area contributed by atoms with Crippen molar-refractivity contribution in [3.63, 3.8) is 0 Å². The first-order valence-electron chi connectivity index (χ1n) is 7.31. The van der Waals surface area contributed by atoms with Gasteiger partial charge in [-0.2, -0.15) is 5.10 Å². The number of para-hydroxylation sites is 1. The zero-order chi connectivity index (χ0) is 15.8. The minimum atomic E-state index is -0.182. The monoisotopic (exact) mass is 347 g/mol. The van der Waals surface area contributed by atoms with Gasteiger partial charge in [0, 0.05) is 32.2 Å². The number of rotatable bonds is 2. The lowest BCUT2D eigenvalue weighted by Crippen LogP contribution is -2.47. The van der Waals surface area contributed by atoms with Crippen LogP contribution < -0.4 is 15.4 Å². The number of fused-ring (bicyclic) bond motifs is 1. The van der Waals surface area contributed by atoms with Crippen molar-refractivity contribution in [2.45, 2.75) is 0 Å². The molecule has 0 unspecified atom stereocenters. The van der Waals surface area contributed by atoms with Gasteiger partial charge in [-0.25, -0.2) is 10.1 Å². The van der Waals surface area contributed by atoms with E-state index in [0.717, 1.165) is 47.3 Å². The van der Waals surface area contributed by atoms with Crippen molar-refractivity contribution in [1.82, 2.24) is 15.2 Å². The van der Waals surface area contributed by atoms with Crippen LogP contribution >= 0.6 is 22.9 Å². The highest BCUT2D eigenvalue weighted by Crippen LogP contribution is 2.33. The normalized spacial score (nSPS) is 15.3. The van der Waals surface area contributed by atoms with E-state index in [1.165, 1.54) is 6.07 Å². The summed E-state index contributed by atoms with van der Waals surface area (Å²) in [6.45, 7) is 3.39. The fraction of sp³-hybridized carbons (Fsp3) is 0.267. The number of nitrogens with zero attached hydrogens (tertiary/aromatic N) is 4. The van der Waals surface area contributed by atoms with Crippen LogP contribution in [0.2, 0.25) is 5.02 Å². The molecule has 3 aromatic rings. The summed E-state index contributed by atoms with van der Waals surface area (Å²) in [6.07, 6.45) is 0. The third kappa shape index (κ3) is 2.77. The van der Waals surface area contributed by atoms with E-state index in [9.17, 15) is 4.79 Å². The summed E-state index contributed by atoms with van der Waals surface area (Å²) in [7, 11) is 0. The van der Waals surface area contributed by atoms with Crippen LogP contribution in [-0.2, 0) is 0 Å². The molecule has 0 saturated carbocycles. The number of piperazine rings is 1.